The number of hydrogen-bond acceptors (Lipinski definition) is 1. The van der Waals surface area contributed by atoms with E-state index in [1.54, 1.807) is 0 Å². The summed E-state index contributed by atoms with van der Waals surface area (Å²) in [6, 6.07) is 3.80. The van der Waals surface area contributed by atoms with Gasteiger partial charge in [0.15, 0.2) is 0 Å². The van der Waals surface area contributed by atoms with E-state index >= 15 is 0 Å². The summed E-state index contributed by atoms with van der Waals surface area (Å²) in [6.45, 7) is 3.84. The number of rotatable bonds is 0. The zero-order chi connectivity index (χ0) is 10.7. The summed E-state index contributed by atoms with van der Waals surface area (Å²) >= 11 is 3.40. The maximum atomic E-state index is 10.3. The summed E-state index contributed by atoms with van der Waals surface area (Å²) in [5, 5.41) is 8.41. The fraction of sp³-hybridized carbons (Fsp3) is 0.182. The standard InChI is InChI=1S/C11H9BrO2/c1-7-6-10(12)8(2)5-9(7)3-4-11(13)14/h5-6H,1-2H3,(H,13,14). The minimum absolute atomic E-state index is 0.758. The van der Waals surface area contributed by atoms with Crippen LogP contribution in [0.2, 0.25) is 0 Å². The number of carboxylic acids is 1. The first kappa shape index (κ1) is 10.8. The molecule has 1 aromatic rings. The zero-order valence-corrected chi connectivity index (χ0v) is 9.47. The lowest BCUT2D eigenvalue weighted by molar-refractivity contribution is -0.130. The molecule has 0 aliphatic carbocycles. The van der Waals surface area contributed by atoms with Gasteiger partial charge in [-0.1, -0.05) is 21.9 Å². The summed E-state index contributed by atoms with van der Waals surface area (Å²) in [4.78, 5) is 10.3. The van der Waals surface area contributed by atoms with Crippen molar-refractivity contribution in [2.45, 2.75) is 13.8 Å². The second-order valence-electron chi connectivity index (χ2n) is 2.97. The molecular weight excluding hydrogens is 244 g/mol. The van der Waals surface area contributed by atoms with Crippen molar-refractivity contribution in [3.05, 3.63) is 33.3 Å². The molecule has 0 heterocycles. The average Bonchev–Trinajstić information content (AvgIpc) is 2.09. The highest BCUT2D eigenvalue weighted by Gasteiger charge is 2.00. The van der Waals surface area contributed by atoms with E-state index in [-0.39, 0.29) is 0 Å². The van der Waals surface area contributed by atoms with Crippen molar-refractivity contribution >= 4 is 21.9 Å². The van der Waals surface area contributed by atoms with E-state index < -0.39 is 5.97 Å². The van der Waals surface area contributed by atoms with Gasteiger partial charge in [-0.3, -0.25) is 0 Å². The molecule has 1 rings (SSSR count). The Balaban J connectivity index is 3.18. The molecular formula is C11H9BrO2. The molecule has 0 radical (unpaired) electrons. The van der Waals surface area contributed by atoms with Crippen LogP contribution in [0.25, 0.3) is 0 Å². The van der Waals surface area contributed by atoms with Crippen LogP contribution in [0.1, 0.15) is 16.7 Å². The van der Waals surface area contributed by atoms with Crippen molar-refractivity contribution in [3.8, 4) is 11.8 Å². The van der Waals surface area contributed by atoms with Gasteiger partial charge in [-0.05, 0) is 37.1 Å². The summed E-state index contributed by atoms with van der Waals surface area (Å²) in [5.41, 5.74) is 2.77. The number of carboxylic acid groups (broad SMARTS) is 1. The number of benzene rings is 1. The van der Waals surface area contributed by atoms with Gasteiger partial charge < -0.3 is 5.11 Å². The lowest BCUT2D eigenvalue weighted by Gasteiger charge is -2.02. The lowest BCUT2D eigenvalue weighted by Crippen LogP contribution is -1.90. The quantitative estimate of drug-likeness (QED) is 0.721. The SMILES string of the molecule is Cc1cc(C#CC(=O)O)c(C)cc1Br. The lowest BCUT2D eigenvalue weighted by atomic mass is 10.1. The maximum Gasteiger partial charge on any atom is 0.382 e. The van der Waals surface area contributed by atoms with Crippen LogP contribution in [0.3, 0.4) is 0 Å². The largest absolute Gasteiger partial charge is 0.472 e. The fourth-order valence-electron chi connectivity index (χ4n) is 1.04. The van der Waals surface area contributed by atoms with Gasteiger partial charge in [-0.15, -0.1) is 0 Å². The average molecular weight is 253 g/mol. The highest BCUT2D eigenvalue weighted by Crippen LogP contribution is 2.20. The number of carbonyl (C=O) groups is 1. The molecule has 0 aliphatic heterocycles. The van der Waals surface area contributed by atoms with Crippen molar-refractivity contribution in [2.75, 3.05) is 0 Å². The minimum atomic E-state index is -1.11. The summed E-state index contributed by atoms with van der Waals surface area (Å²) in [6.07, 6.45) is 0. The predicted octanol–water partition coefficient (Wildman–Crippen LogP) is 2.50. The highest BCUT2D eigenvalue weighted by molar-refractivity contribution is 9.10. The Bertz CT molecular complexity index is 439. The van der Waals surface area contributed by atoms with Gasteiger partial charge in [0.2, 0.25) is 0 Å². The van der Waals surface area contributed by atoms with Gasteiger partial charge in [0, 0.05) is 16.0 Å². The highest BCUT2D eigenvalue weighted by atomic mass is 79.9. The van der Waals surface area contributed by atoms with Crippen LogP contribution < -0.4 is 0 Å². The Kier molecular flexibility index (Phi) is 3.32. The molecule has 0 fully saturated rings. The van der Waals surface area contributed by atoms with Crippen LogP contribution in [0.4, 0.5) is 0 Å². The van der Waals surface area contributed by atoms with Gasteiger partial charge in [0.1, 0.15) is 0 Å². The smallest absolute Gasteiger partial charge is 0.382 e. The molecule has 72 valence electrons. The van der Waals surface area contributed by atoms with Crippen molar-refractivity contribution < 1.29 is 9.90 Å². The normalized spacial score (nSPS) is 9.07. The molecule has 0 bridgehead atoms. The number of halogens is 1. The van der Waals surface area contributed by atoms with Gasteiger partial charge >= 0.3 is 5.97 Å². The van der Waals surface area contributed by atoms with Gasteiger partial charge in [-0.25, -0.2) is 4.79 Å². The van der Waals surface area contributed by atoms with E-state index in [1.807, 2.05) is 26.0 Å². The molecule has 1 aromatic carbocycles. The number of hydrogen-bond donors (Lipinski definition) is 1. The Morgan fingerprint density at radius 1 is 1.36 bits per heavy atom. The summed E-state index contributed by atoms with van der Waals surface area (Å²) in [7, 11) is 0. The van der Waals surface area contributed by atoms with Crippen LogP contribution in [0.15, 0.2) is 16.6 Å². The predicted molar refractivity (Wildman–Crippen MR) is 58.1 cm³/mol. The maximum absolute atomic E-state index is 10.3. The van der Waals surface area contributed by atoms with E-state index in [2.05, 4.69) is 27.8 Å². The fourth-order valence-corrected chi connectivity index (χ4v) is 1.49. The van der Waals surface area contributed by atoms with E-state index in [0.717, 1.165) is 21.2 Å². The van der Waals surface area contributed by atoms with Crippen LogP contribution in [-0.2, 0) is 4.79 Å². The molecule has 0 saturated carbocycles. The van der Waals surface area contributed by atoms with Crippen LogP contribution in [0, 0.1) is 25.7 Å². The first-order chi connectivity index (χ1) is 6.50. The molecule has 2 nitrogen and oxygen atoms in total. The monoisotopic (exact) mass is 252 g/mol. The van der Waals surface area contributed by atoms with Crippen molar-refractivity contribution in [2.24, 2.45) is 0 Å². The molecule has 1 N–H and O–H groups in total. The molecule has 0 aliphatic rings. The van der Waals surface area contributed by atoms with Crippen molar-refractivity contribution in [1.29, 1.82) is 0 Å². The molecule has 0 unspecified atom stereocenters. The molecule has 14 heavy (non-hydrogen) atoms. The topological polar surface area (TPSA) is 37.3 Å². The second-order valence-corrected chi connectivity index (χ2v) is 3.83. The molecule has 0 amide bonds. The van der Waals surface area contributed by atoms with Gasteiger partial charge in [-0.2, -0.15) is 0 Å². The van der Waals surface area contributed by atoms with Gasteiger partial charge in [0.05, 0.1) is 0 Å². The van der Waals surface area contributed by atoms with E-state index in [1.165, 1.54) is 0 Å². The van der Waals surface area contributed by atoms with Crippen LogP contribution in [-0.4, -0.2) is 11.1 Å². The van der Waals surface area contributed by atoms with E-state index in [4.69, 9.17) is 5.11 Å². The zero-order valence-electron chi connectivity index (χ0n) is 7.89. The first-order valence-electron chi connectivity index (χ1n) is 4.02. The Morgan fingerprint density at radius 2 is 2.00 bits per heavy atom. The Morgan fingerprint density at radius 3 is 2.57 bits per heavy atom. The molecule has 0 atom stereocenters. The first-order valence-corrected chi connectivity index (χ1v) is 4.81. The summed E-state index contributed by atoms with van der Waals surface area (Å²) in [5.74, 6) is 3.60. The Labute approximate surface area is 91.1 Å². The third-order valence-corrected chi connectivity index (χ3v) is 2.66. The number of aliphatic carboxylic acids is 1. The van der Waals surface area contributed by atoms with E-state index in [9.17, 15) is 4.79 Å². The third-order valence-electron chi connectivity index (χ3n) is 1.81. The van der Waals surface area contributed by atoms with Crippen LogP contribution in [0.5, 0.6) is 0 Å². The van der Waals surface area contributed by atoms with Crippen molar-refractivity contribution in [1.82, 2.24) is 0 Å². The van der Waals surface area contributed by atoms with E-state index in [0.29, 0.717) is 0 Å². The summed E-state index contributed by atoms with van der Waals surface area (Å²) < 4.78 is 1.01. The molecule has 0 spiro atoms. The van der Waals surface area contributed by atoms with Crippen LogP contribution >= 0.6 is 15.9 Å². The minimum Gasteiger partial charge on any atom is -0.472 e. The molecule has 3 heteroatoms. The molecule has 0 aromatic heterocycles. The molecule has 0 saturated heterocycles. The van der Waals surface area contributed by atoms with Crippen molar-refractivity contribution in [3.63, 3.8) is 0 Å². The number of aryl methyl sites for hydroxylation is 2. The van der Waals surface area contributed by atoms with Gasteiger partial charge in [0.25, 0.3) is 0 Å². The Hall–Kier alpha value is -1.27. The third kappa shape index (κ3) is 2.61. The second kappa shape index (κ2) is 4.30.